The molecule has 5 rings (SSSR count). The van der Waals surface area contributed by atoms with Gasteiger partial charge in [0, 0.05) is 23.3 Å². The third-order valence-electron chi connectivity index (χ3n) is 6.48. The molecular formula is C30H17F3N2O7. The molecule has 2 amide bonds. The Morgan fingerprint density at radius 2 is 1.45 bits per heavy atom. The summed E-state index contributed by atoms with van der Waals surface area (Å²) in [6.45, 7) is 0. The fraction of sp³-hybridized carbons (Fsp3) is 0.0667. The number of Topliss-reactive ketones (excluding diaryl/α,β-unsaturated/α-hetero) is 1. The number of nitro benzene ring substituents is 1. The number of carbonyl (C=O) groups is 4. The second-order valence-electron chi connectivity index (χ2n) is 9.12. The zero-order valence-corrected chi connectivity index (χ0v) is 21.2. The van der Waals surface area contributed by atoms with Crippen molar-refractivity contribution < 1.29 is 42.0 Å². The summed E-state index contributed by atoms with van der Waals surface area (Å²) < 4.78 is 45.2. The van der Waals surface area contributed by atoms with Gasteiger partial charge in [0.2, 0.25) is 5.78 Å². The summed E-state index contributed by atoms with van der Waals surface area (Å²) in [7, 11) is 0. The van der Waals surface area contributed by atoms with Crippen LogP contribution in [0.4, 0.5) is 24.5 Å². The minimum absolute atomic E-state index is 0.138. The number of ether oxygens (including phenoxy) is 1. The third kappa shape index (κ3) is 5.24. The molecule has 42 heavy (non-hydrogen) atoms. The van der Waals surface area contributed by atoms with E-state index >= 15 is 0 Å². The highest BCUT2D eigenvalue weighted by Gasteiger charge is 2.39. The second kappa shape index (κ2) is 10.7. The second-order valence-corrected chi connectivity index (χ2v) is 9.12. The molecule has 1 heterocycles. The number of anilines is 1. The van der Waals surface area contributed by atoms with Crippen molar-refractivity contribution in [2.45, 2.75) is 12.3 Å². The van der Waals surface area contributed by atoms with Crippen molar-refractivity contribution in [1.82, 2.24) is 0 Å². The third-order valence-corrected chi connectivity index (χ3v) is 6.48. The van der Waals surface area contributed by atoms with Gasteiger partial charge in [0.25, 0.3) is 17.5 Å². The van der Waals surface area contributed by atoms with Crippen LogP contribution in [-0.4, -0.2) is 28.5 Å². The largest absolute Gasteiger partial charge is 0.445 e. The minimum atomic E-state index is -4.71. The van der Waals surface area contributed by atoms with Gasteiger partial charge in [-0.25, -0.2) is 9.69 Å². The number of esters is 1. The number of hydrogen-bond acceptors (Lipinski definition) is 7. The van der Waals surface area contributed by atoms with Gasteiger partial charge < -0.3 is 4.74 Å². The molecule has 1 aliphatic heterocycles. The van der Waals surface area contributed by atoms with Gasteiger partial charge in [-0.3, -0.25) is 24.5 Å². The van der Waals surface area contributed by atoms with Crippen LogP contribution in [-0.2, 0) is 10.9 Å². The Hall–Kier alpha value is -5.65. The van der Waals surface area contributed by atoms with E-state index in [0.717, 1.165) is 30.3 Å². The number of benzene rings is 4. The van der Waals surface area contributed by atoms with E-state index in [-0.39, 0.29) is 39.2 Å². The predicted molar refractivity (Wildman–Crippen MR) is 141 cm³/mol. The smallest absolute Gasteiger partial charge is 0.416 e. The van der Waals surface area contributed by atoms with Crippen LogP contribution in [0.2, 0.25) is 0 Å². The molecule has 12 heteroatoms. The van der Waals surface area contributed by atoms with Crippen LogP contribution in [0, 0.1) is 10.1 Å². The number of amides is 2. The summed E-state index contributed by atoms with van der Waals surface area (Å²) in [6.07, 6.45) is -6.23. The Labute approximate surface area is 234 Å². The van der Waals surface area contributed by atoms with Crippen molar-refractivity contribution in [3.8, 4) is 0 Å². The highest BCUT2D eigenvalue weighted by molar-refractivity contribution is 6.34. The Bertz CT molecular complexity index is 1750. The van der Waals surface area contributed by atoms with Crippen LogP contribution < -0.4 is 4.90 Å². The van der Waals surface area contributed by atoms with Gasteiger partial charge in [0.15, 0.2) is 6.10 Å². The van der Waals surface area contributed by atoms with E-state index in [1.807, 2.05) is 0 Å². The number of rotatable bonds is 7. The molecule has 0 radical (unpaired) electrons. The summed E-state index contributed by atoms with van der Waals surface area (Å²) in [5.41, 5.74) is -1.86. The summed E-state index contributed by atoms with van der Waals surface area (Å²) in [4.78, 5) is 63.6. The van der Waals surface area contributed by atoms with Crippen molar-refractivity contribution in [3.63, 3.8) is 0 Å². The molecule has 1 atom stereocenters. The molecule has 4 aromatic rings. The fourth-order valence-corrected chi connectivity index (χ4v) is 4.40. The number of nitrogens with zero attached hydrogens (tertiary/aromatic N) is 2. The van der Waals surface area contributed by atoms with Crippen LogP contribution in [0.5, 0.6) is 0 Å². The molecular weight excluding hydrogens is 557 g/mol. The molecule has 0 spiro atoms. The van der Waals surface area contributed by atoms with Crippen LogP contribution >= 0.6 is 0 Å². The summed E-state index contributed by atoms with van der Waals surface area (Å²) in [6, 6.07) is 19.8. The van der Waals surface area contributed by atoms with Crippen LogP contribution in [0.3, 0.4) is 0 Å². The highest BCUT2D eigenvalue weighted by Crippen LogP contribution is 2.35. The van der Waals surface area contributed by atoms with E-state index in [1.54, 1.807) is 18.2 Å². The van der Waals surface area contributed by atoms with Crippen LogP contribution in [0.25, 0.3) is 0 Å². The molecule has 9 nitrogen and oxygen atoms in total. The first-order valence-electron chi connectivity index (χ1n) is 12.2. The lowest BCUT2D eigenvalue weighted by Crippen LogP contribution is -2.29. The Kier molecular flexibility index (Phi) is 7.13. The molecule has 0 aliphatic carbocycles. The van der Waals surface area contributed by atoms with Gasteiger partial charge in [0.1, 0.15) is 0 Å². The lowest BCUT2D eigenvalue weighted by molar-refractivity contribution is -0.384. The van der Waals surface area contributed by atoms with Crippen molar-refractivity contribution in [2.75, 3.05) is 4.90 Å². The quantitative estimate of drug-likeness (QED) is 0.0847. The van der Waals surface area contributed by atoms with Crippen molar-refractivity contribution in [2.24, 2.45) is 0 Å². The van der Waals surface area contributed by atoms with Gasteiger partial charge in [-0.15, -0.1) is 0 Å². The summed E-state index contributed by atoms with van der Waals surface area (Å²) in [5.74, 6) is -3.50. The average Bonchev–Trinajstić information content (AvgIpc) is 3.24. The molecule has 0 saturated carbocycles. The number of alkyl halides is 3. The van der Waals surface area contributed by atoms with E-state index in [9.17, 15) is 42.5 Å². The van der Waals surface area contributed by atoms with Crippen LogP contribution in [0.1, 0.15) is 58.7 Å². The summed E-state index contributed by atoms with van der Waals surface area (Å²) in [5, 5.41) is 11.1. The maximum absolute atomic E-state index is 13.3. The number of fused-ring (bicyclic) bond motifs is 1. The average molecular weight is 574 g/mol. The lowest BCUT2D eigenvalue weighted by Gasteiger charge is -2.18. The predicted octanol–water partition coefficient (Wildman–Crippen LogP) is 6.20. The minimum Gasteiger partial charge on any atom is -0.445 e. The van der Waals surface area contributed by atoms with Gasteiger partial charge in [-0.2, -0.15) is 13.2 Å². The van der Waals surface area contributed by atoms with E-state index in [2.05, 4.69) is 0 Å². The molecule has 210 valence electrons. The zero-order chi connectivity index (χ0) is 30.2. The molecule has 0 N–H and O–H groups in total. The maximum Gasteiger partial charge on any atom is 0.416 e. The normalized spacial score (nSPS) is 13.5. The Balaban J connectivity index is 1.45. The standard InChI is InChI=1S/C30H17F3N2O7/c31-30(32,33)20-7-4-8-22(16-20)34-27(37)23-14-11-19(15-24(23)28(34)38)29(39)42-26(25(36)17-5-2-1-3-6-17)18-9-12-21(13-10-18)35(40)41/h1-16,26H/t26-/m0/s1. The highest BCUT2D eigenvalue weighted by atomic mass is 19.4. The van der Waals surface area contributed by atoms with E-state index < -0.39 is 46.3 Å². The van der Waals surface area contributed by atoms with E-state index in [4.69, 9.17) is 4.74 Å². The number of nitro groups is 1. The van der Waals surface area contributed by atoms with Gasteiger partial charge in [-0.1, -0.05) is 36.4 Å². The van der Waals surface area contributed by atoms with E-state index in [0.29, 0.717) is 11.0 Å². The fourth-order valence-electron chi connectivity index (χ4n) is 4.40. The molecule has 4 aromatic carbocycles. The molecule has 0 saturated heterocycles. The number of non-ortho nitro benzene ring substituents is 1. The molecule has 0 unspecified atom stereocenters. The number of ketones is 1. The molecule has 0 aromatic heterocycles. The lowest BCUT2D eigenvalue weighted by atomic mass is 9.99. The topological polar surface area (TPSA) is 124 Å². The molecule has 1 aliphatic rings. The van der Waals surface area contributed by atoms with Crippen molar-refractivity contribution in [3.05, 3.63) is 141 Å². The maximum atomic E-state index is 13.3. The van der Waals surface area contributed by atoms with E-state index in [1.165, 1.54) is 42.5 Å². The number of halogens is 3. The molecule has 0 fully saturated rings. The number of carbonyl (C=O) groups excluding carboxylic acids is 4. The molecule has 0 bridgehead atoms. The van der Waals surface area contributed by atoms with Crippen molar-refractivity contribution >= 4 is 34.9 Å². The number of hydrogen-bond donors (Lipinski definition) is 0. The van der Waals surface area contributed by atoms with Gasteiger partial charge in [0.05, 0.1) is 32.9 Å². The SMILES string of the molecule is O=C(O[C@H](C(=O)c1ccccc1)c1ccc([N+](=O)[O-])cc1)c1ccc2c(c1)C(=O)N(c1cccc(C(F)(F)F)c1)C2=O. The van der Waals surface area contributed by atoms with Gasteiger partial charge >= 0.3 is 12.1 Å². The Morgan fingerprint density at radius 3 is 2.10 bits per heavy atom. The first-order valence-corrected chi connectivity index (χ1v) is 12.2. The summed E-state index contributed by atoms with van der Waals surface area (Å²) >= 11 is 0. The number of imide groups is 1. The first kappa shape index (κ1) is 27.9. The van der Waals surface area contributed by atoms with Gasteiger partial charge in [-0.05, 0) is 48.5 Å². The first-order chi connectivity index (χ1) is 20.0. The Morgan fingerprint density at radius 1 is 0.786 bits per heavy atom. The van der Waals surface area contributed by atoms with Crippen LogP contribution in [0.15, 0.2) is 97.1 Å². The zero-order valence-electron chi connectivity index (χ0n) is 21.2. The monoisotopic (exact) mass is 574 g/mol. The van der Waals surface area contributed by atoms with Crippen molar-refractivity contribution in [1.29, 1.82) is 0 Å².